The molecule has 3 aromatic rings. The molecule has 10 nitrogen and oxygen atoms in total. The van der Waals surface area contributed by atoms with Gasteiger partial charge in [-0.2, -0.15) is 5.26 Å². The van der Waals surface area contributed by atoms with Crippen molar-refractivity contribution < 1.29 is 20.1 Å². The van der Waals surface area contributed by atoms with Crippen LogP contribution in [0.3, 0.4) is 0 Å². The summed E-state index contributed by atoms with van der Waals surface area (Å²) < 4.78 is 7.00. The number of nitriles is 1. The number of aliphatic hydroxyl groups excluding tert-OH is 3. The number of halogens is 2. The van der Waals surface area contributed by atoms with Gasteiger partial charge in [-0.3, -0.25) is 0 Å². The van der Waals surface area contributed by atoms with Gasteiger partial charge in [0.2, 0.25) is 0 Å². The van der Waals surface area contributed by atoms with Gasteiger partial charge in [-0.1, -0.05) is 40.2 Å². The first-order valence-corrected chi connectivity index (χ1v) is 11.3. The molecule has 1 aliphatic rings. The lowest BCUT2D eigenvalue weighted by Crippen LogP contribution is -2.55. The van der Waals surface area contributed by atoms with E-state index >= 15 is 0 Å². The highest BCUT2D eigenvalue weighted by molar-refractivity contribution is 7.99. The third-order valence-electron chi connectivity index (χ3n) is 4.53. The predicted molar refractivity (Wildman–Crippen MR) is 113 cm³/mol. The van der Waals surface area contributed by atoms with Crippen LogP contribution in [-0.4, -0.2) is 70.6 Å². The lowest BCUT2D eigenvalue weighted by molar-refractivity contribution is -0.178. The molecule has 1 aliphatic heterocycles. The zero-order chi connectivity index (χ0) is 22.1. The predicted octanol–water partition coefficient (Wildman–Crippen LogP) is 1.75. The Labute approximate surface area is 194 Å². The molecule has 0 aliphatic carbocycles. The first kappa shape index (κ1) is 22.4. The van der Waals surface area contributed by atoms with Crippen LogP contribution in [0.2, 0.25) is 10.2 Å². The molecule has 0 saturated carbocycles. The van der Waals surface area contributed by atoms with E-state index in [0.29, 0.717) is 25.8 Å². The highest BCUT2D eigenvalue weighted by Crippen LogP contribution is 2.39. The zero-order valence-corrected chi connectivity index (χ0v) is 18.6. The van der Waals surface area contributed by atoms with E-state index in [1.807, 2.05) is 6.07 Å². The Morgan fingerprint density at radius 1 is 1.32 bits per heavy atom. The van der Waals surface area contributed by atoms with Crippen LogP contribution in [0.4, 0.5) is 0 Å². The minimum atomic E-state index is -1.28. The Morgan fingerprint density at radius 3 is 2.81 bits per heavy atom. The molecule has 4 heterocycles. The molecular weight excluding hydrogens is 487 g/mol. The van der Waals surface area contributed by atoms with Crippen molar-refractivity contribution in [1.29, 1.82) is 5.26 Å². The van der Waals surface area contributed by atoms with Gasteiger partial charge in [0.25, 0.3) is 0 Å². The summed E-state index contributed by atoms with van der Waals surface area (Å²) in [5.41, 5.74) is -0.435. The molecule has 31 heavy (non-hydrogen) atoms. The van der Waals surface area contributed by atoms with E-state index in [1.54, 1.807) is 5.38 Å². The van der Waals surface area contributed by atoms with Gasteiger partial charge in [-0.25, -0.2) is 14.6 Å². The molecule has 0 amide bonds. The summed E-state index contributed by atoms with van der Waals surface area (Å²) in [7, 11) is 0. The summed E-state index contributed by atoms with van der Waals surface area (Å²) in [6, 6.07) is 2.50. The van der Waals surface area contributed by atoms with Crippen molar-refractivity contribution in [2.75, 3.05) is 6.61 Å². The Bertz CT molecular complexity index is 1120. The minimum absolute atomic E-state index is 0.108. The van der Waals surface area contributed by atoms with Crippen LogP contribution < -0.4 is 0 Å². The molecule has 162 valence electrons. The summed E-state index contributed by atoms with van der Waals surface area (Å²) >= 11 is 14.1. The Balaban J connectivity index is 1.64. The van der Waals surface area contributed by atoms with Crippen LogP contribution in [0, 0.1) is 11.3 Å². The number of hydrogen-bond acceptors (Lipinski definition) is 11. The second-order valence-corrected chi connectivity index (χ2v) is 9.31. The molecule has 5 atom stereocenters. The quantitative estimate of drug-likeness (QED) is 0.472. The average Bonchev–Trinajstić information content (AvgIpc) is 3.39. The topological polar surface area (TPSA) is 150 Å². The number of ether oxygens (including phenoxy) is 1. The molecule has 0 aromatic carbocycles. The maximum absolute atomic E-state index is 11.0. The maximum atomic E-state index is 11.0. The average molecular weight is 501 g/mol. The lowest BCUT2D eigenvalue weighted by Gasteiger charge is -2.41. The highest BCUT2D eigenvalue weighted by Gasteiger charge is 2.46. The number of thioether (sulfide) groups is 1. The molecule has 3 aromatic heterocycles. The SMILES string of the molecule is N#Cc1ncc(Cl)cc1SC1OC(CO)C(O)C(n2cc(-c3nc(Cl)cs3)nn2)C1O. The number of rotatable bonds is 5. The minimum Gasteiger partial charge on any atom is -0.394 e. The Kier molecular flexibility index (Phi) is 6.75. The smallest absolute Gasteiger partial charge is 0.154 e. The van der Waals surface area contributed by atoms with Crippen molar-refractivity contribution in [1.82, 2.24) is 25.0 Å². The summed E-state index contributed by atoms with van der Waals surface area (Å²) in [5.74, 6) is 0. The fraction of sp³-hybridized carbons (Fsp3) is 0.353. The van der Waals surface area contributed by atoms with Gasteiger partial charge in [0, 0.05) is 16.5 Å². The second-order valence-electron chi connectivity index (χ2n) is 6.49. The normalized spacial score (nSPS) is 26.0. The summed E-state index contributed by atoms with van der Waals surface area (Å²) in [6.07, 6.45) is -0.699. The fourth-order valence-corrected chi connectivity index (χ4v) is 5.36. The third-order valence-corrected chi connectivity index (χ3v) is 7.11. The summed E-state index contributed by atoms with van der Waals surface area (Å²) in [6.45, 7) is -0.496. The van der Waals surface area contributed by atoms with E-state index in [2.05, 4.69) is 20.3 Å². The molecule has 1 fully saturated rings. The summed E-state index contributed by atoms with van der Waals surface area (Å²) in [4.78, 5) is 8.49. The van der Waals surface area contributed by atoms with Crippen molar-refractivity contribution in [3.63, 3.8) is 0 Å². The molecule has 5 unspecified atom stereocenters. The largest absolute Gasteiger partial charge is 0.394 e. The van der Waals surface area contributed by atoms with E-state index < -0.39 is 36.4 Å². The van der Waals surface area contributed by atoms with E-state index in [1.165, 1.54) is 34.5 Å². The van der Waals surface area contributed by atoms with Gasteiger partial charge in [-0.15, -0.1) is 16.4 Å². The van der Waals surface area contributed by atoms with Crippen LogP contribution >= 0.6 is 46.3 Å². The summed E-state index contributed by atoms with van der Waals surface area (Å²) in [5, 5.41) is 51.6. The molecule has 1 saturated heterocycles. The number of pyridine rings is 1. The molecule has 0 spiro atoms. The molecule has 4 rings (SSSR count). The van der Waals surface area contributed by atoms with Crippen LogP contribution in [0.5, 0.6) is 0 Å². The third kappa shape index (κ3) is 4.55. The molecular formula is C17H14Cl2N6O4S2. The maximum Gasteiger partial charge on any atom is 0.154 e. The van der Waals surface area contributed by atoms with E-state index in [-0.39, 0.29) is 5.69 Å². The Hall–Kier alpha value is -1.82. The van der Waals surface area contributed by atoms with Crippen molar-refractivity contribution in [2.45, 2.75) is 34.7 Å². The van der Waals surface area contributed by atoms with Gasteiger partial charge in [0.15, 0.2) is 5.69 Å². The van der Waals surface area contributed by atoms with E-state index in [9.17, 15) is 20.6 Å². The van der Waals surface area contributed by atoms with Gasteiger partial charge in [0.1, 0.15) is 51.7 Å². The van der Waals surface area contributed by atoms with Gasteiger partial charge in [0.05, 0.1) is 17.8 Å². The molecule has 14 heteroatoms. The lowest BCUT2D eigenvalue weighted by atomic mass is 9.97. The van der Waals surface area contributed by atoms with Crippen LogP contribution in [0.1, 0.15) is 11.7 Å². The first-order chi connectivity index (χ1) is 14.9. The van der Waals surface area contributed by atoms with Gasteiger partial charge >= 0.3 is 0 Å². The number of hydrogen-bond donors (Lipinski definition) is 3. The Morgan fingerprint density at radius 2 is 2.13 bits per heavy atom. The van der Waals surface area contributed by atoms with Crippen molar-refractivity contribution >= 4 is 46.3 Å². The van der Waals surface area contributed by atoms with E-state index in [0.717, 1.165) is 11.8 Å². The zero-order valence-electron chi connectivity index (χ0n) is 15.4. The number of nitrogens with zero attached hydrogens (tertiary/aromatic N) is 6. The van der Waals surface area contributed by atoms with Crippen molar-refractivity contribution in [3.05, 3.63) is 39.7 Å². The van der Waals surface area contributed by atoms with Crippen LogP contribution in [0.25, 0.3) is 10.7 Å². The van der Waals surface area contributed by atoms with Gasteiger partial charge < -0.3 is 20.1 Å². The monoisotopic (exact) mass is 500 g/mol. The van der Waals surface area contributed by atoms with Crippen molar-refractivity contribution in [2.24, 2.45) is 0 Å². The highest BCUT2D eigenvalue weighted by atomic mass is 35.5. The first-order valence-electron chi connectivity index (χ1n) is 8.79. The van der Waals surface area contributed by atoms with E-state index in [4.69, 9.17) is 27.9 Å². The van der Waals surface area contributed by atoms with Crippen molar-refractivity contribution in [3.8, 4) is 16.8 Å². The standard InChI is InChI=1S/C17H14Cl2N6O4S2/c18-7-1-11(8(2-20)21-3-7)31-17-15(28)13(14(27)10(5-26)29-17)25-4-9(23-24-25)16-22-12(19)6-30-16/h1,3-4,6,10,13-15,17,26-28H,5H2. The second kappa shape index (κ2) is 9.35. The van der Waals surface area contributed by atoms with Gasteiger partial charge in [-0.05, 0) is 6.07 Å². The van der Waals surface area contributed by atoms with Crippen LogP contribution in [-0.2, 0) is 4.74 Å². The number of thiazole rings is 1. The molecule has 0 bridgehead atoms. The number of aromatic nitrogens is 5. The molecule has 3 N–H and O–H groups in total. The fourth-order valence-electron chi connectivity index (χ4n) is 3.09. The molecule has 0 radical (unpaired) electrons. The number of aliphatic hydroxyl groups is 3. The van der Waals surface area contributed by atoms with Crippen LogP contribution in [0.15, 0.2) is 28.7 Å².